The molecular weight excluding hydrogens is 412 g/mol. The highest BCUT2D eigenvalue weighted by Gasteiger charge is 2.24. The summed E-state index contributed by atoms with van der Waals surface area (Å²) in [4.78, 5) is 41.6. The maximum Gasteiger partial charge on any atom is 0.441 e. The Hall–Kier alpha value is -3.55. The number of unbranched alkanes of at least 4 members (excludes halogenated alkanes) is 2. The van der Waals surface area contributed by atoms with Crippen LogP contribution in [-0.2, 0) is 32.2 Å². The monoisotopic (exact) mass is 442 g/mol. The van der Waals surface area contributed by atoms with Gasteiger partial charge in [-0.25, -0.2) is 9.59 Å². The van der Waals surface area contributed by atoms with Gasteiger partial charge in [-0.2, -0.15) is 0 Å². The summed E-state index contributed by atoms with van der Waals surface area (Å²) in [6, 6.07) is 15.3. The Balaban J connectivity index is 1.92. The van der Waals surface area contributed by atoms with Crippen LogP contribution in [0.25, 0.3) is 0 Å². The number of hydroxylamine groups is 1. The van der Waals surface area contributed by atoms with E-state index in [0.717, 1.165) is 30.4 Å². The van der Waals surface area contributed by atoms with Crippen LogP contribution < -0.4 is 15.5 Å². The quantitative estimate of drug-likeness (QED) is 0.406. The van der Waals surface area contributed by atoms with Crippen molar-refractivity contribution in [2.45, 2.75) is 51.7 Å². The van der Waals surface area contributed by atoms with E-state index >= 15 is 0 Å². The molecule has 0 radical (unpaired) electrons. The topological polar surface area (TPSA) is 103 Å². The van der Waals surface area contributed by atoms with E-state index in [1.165, 1.54) is 0 Å². The van der Waals surface area contributed by atoms with Crippen LogP contribution in [0.3, 0.4) is 0 Å². The van der Waals surface area contributed by atoms with Gasteiger partial charge in [-0.05, 0) is 29.7 Å². The number of benzene rings is 2. The normalized spacial score (nSPS) is 11.2. The summed E-state index contributed by atoms with van der Waals surface area (Å²) >= 11 is 0. The predicted molar refractivity (Wildman–Crippen MR) is 119 cm³/mol. The standard InChI is InChI=1S/C24H30N2O6/c1-3-4-6-11-22(27)25-21(16-18-12-14-20(30-2)15-13-18)23(28)32-26-24(29)31-17-19-9-7-5-8-10-19/h5,7-10,12-15,21H,3-4,6,11,16-17H2,1-2H3,(H,25,27)(H,26,29)/t21-/m0/s1. The number of carbonyl (C=O) groups excluding carboxylic acids is 3. The Labute approximate surface area is 188 Å². The number of ether oxygens (including phenoxy) is 2. The van der Waals surface area contributed by atoms with E-state index in [2.05, 4.69) is 5.32 Å². The zero-order valence-electron chi connectivity index (χ0n) is 18.5. The number of carbonyl (C=O) groups is 3. The summed E-state index contributed by atoms with van der Waals surface area (Å²) in [5.74, 6) is -0.360. The van der Waals surface area contributed by atoms with Crippen molar-refractivity contribution in [3.05, 3.63) is 65.7 Å². The molecule has 32 heavy (non-hydrogen) atoms. The van der Waals surface area contributed by atoms with E-state index in [1.54, 1.807) is 43.5 Å². The van der Waals surface area contributed by atoms with Gasteiger partial charge in [0.1, 0.15) is 18.4 Å². The molecule has 0 aromatic heterocycles. The van der Waals surface area contributed by atoms with Crippen molar-refractivity contribution >= 4 is 18.0 Å². The fourth-order valence-electron chi connectivity index (χ4n) is 2.91. The second-order valence-electron chi connectivity index (χ2n) is 7.21. The first kappa shape index (κ1) is 24.7. The van der Waals surface area contributed by atoms with E-state index in [1.807, 2.05) is 30.6 Å². The third-order valence-corrected chi connectivity index (χ3v) is 4.67. The average Bonchev–Trinajstić information content (AvgIpc) is 2.82. The minimum Gasteiger partial charge on any atom is -0.497 e. The lowest BCUT2D eigenvalue weighted by atomic mass is 10.1. The fourth-order valence-corrected chi connectivity index (χ4v) is 2.91. The summed E-state index contributed by atoms with van der Waals surface area (Å²) in [5, 5.41) is 2.70. The van der Waals surface area contributed by atoms with Crippen LogP contribution >= 0.6 is 0 Å². The van der Waals surface area contributed by atoms with Gasteiger partial charge < -0.3 is 19.6 Å². The fraction of sp³-hybridized carbons (Fsp3) is 0.375. The number of nitrogens with one attached hydrogen (secondary N) is 2. The molecule has 8 heteroatoms. The van der Waals surface area contributed by atoms with Gasteiger partial charge >= 0.3 is 12.1 Å². The molecule has 0 aliphatic carbocycles. The number of methoxy groups -OCH3 is 1. The number of amides is 2. The van der Waals surface area contributed by atoms with E-state index in [9.17, 15) is 14.4 Å². The lowest BCUT2D eigenvalue weighted by molar-refractivity contribution is -0.153. The number of hydrogen-bond acceptors (Lipinski definition) is 6. The minimum atomic E-state index is -0.966. The van der Waals surface area contributed by atoms with Crippen molar-refractivity contribution in [1.82, 2.24) is 10.8 Å². The van der Waals surface area contributed by atoms with Crippen molar-refractivity contribution in [1.29, 1.82) is 0 Å². The molecule has 1 atom stereocenters. The van der Waals surface area contributed by atoms with Gasteiger partial charge in [-0.1, -0.05) is 62.2 Å². The molecule has 2 amide bonds. The average molecular weight is 443 g/mol. The number of rotatable bonds is 11. The highest BCUT2D eigenvalue weighted by Crippen LogP contribution is 2.13. The van der Waals surface area contributed by atoms with Crippen LogP contribution in [0.1, 0.15) is 43.7 Å². The zero-order valence-corrected chi connectivity index (χ0v) is 18.5. The zero-order chi connectivity index (χ0) is 23.2. The van der Waals surface area contributed by atoms with Gasteiger partial charge in [0.25, 0.3) is 0 Å². The molecule has 2 aromatic carbocycles. The largest absolute Gasteiger partial charge is 0.497 e. The summed E-state index contributed by atoms with van der Waals surface area (Å²) in [7, 11) is 1.56. The van der Waals surface area contributed by atoms with Crippen LogP contribution in [0.4, 0.5) is 4.79 Å². The van der Waals surface area contributed by atoms with Crippen molar-refractivity contribution in [2.24, 2.45) is 0 Å². The molecule has 0 heterocycles. The summed E-state index contributed by atoms with van der Waals surface area (Å²) in [6.45, 7) is 2.08. The summed E-state index contributed by atoms with van der Waals surface area (Å²) in [5.41, 5.74) is 3.58. The lowest BCUT2D eigenvalue weighted by Crippen LogP contribution is -2.45. The second kappa shape index (κ2) is 13.7. The van der Waals surface area contributed by atoms with E-state index < -0.39 is 18.1 Å². The Morgan fingerprint density at radius 3 is 2.31 bits per heavy atom. The Morgan fingerprint density at radius 2 is 1.66 bits per heavy atom. The van der Waals surface area contributed by atoms with Gasteiger partial charge in [-0.3, -0.25) is 4.79 Å². The minimum absolute atomic E-state index is 0.0354. The summed E-state index contributed by atoms with van der Waals surface area (Å²) < 4.78 is 10.2. The highest BCUT2D eigenvalue weighted by molar-refractivity contribution is 5.85. The lowest BCUT2D eigenvalue weighted by Gasteiger charge is -2.18. The molecule has 8 nitrogen and oxygen atoms in total. The molecule has 0 fully saturated rings. The summed E-state index contributed by atoms with van der Waals surface area (Å²) in [6.07, 6.45) is 2.25. The van der Waals surface area contributed by atoms with Gasteiger partial charge in [0.15, 0.2) is 0 Å². The molecule has 0 saturated heterocycles. The molecule has 0 saturated carbocycles. The van der Waals surface area contributed by atoms with Crippen LogP contribution in [0, 0.1) is 0 Å². The van der Waals surface area contributed by atoms with E-state index in [0.29, 0.717) is 12.2 Å². The first-order chi connectivity index (χ1) is 15.5. The van der Waals surface area contributed by atoms with Crippen molar-refractivity contribution in [3.8, 4) is 5.75 Å². The van der Waals surface area contributed by atoms with Gasteiger partial charge in [0.05, 0.1) is 7.11 Å². The maximum absolute atomic E-state index is 12.6. The molecule has 172 valence electrons. The van der Waals surface area contributed by atoms with Crippen molar-refractivity contribution < 1.29 is 28.7 Å². The Kier molecular flexibility index (Phi) is 10.6. The van der Waals surface area contributed by atoms with Crippen molar-refractivity contribution in [3.63, 3.8) is 0 Å². The molecule has 2 rings (SSSR count). The third-order valence-electron chi connectivity index (χ3n) is 4.67. The molecule has 2 aromatic rings. The van der Waals surface area contributed by atoms with Crippen molar-refractivity contribution in [2.75, 3.05) is 7.11 Å². The van der Waals surface area contributed by atoms with Crippen LogP contribution in [0.5, 0.6) is 5.75 Å². The first-order valence-electron chi connectivity index (χ1n) is 10.6. The van der Waals surface area contributed by atoms with Gasteiger partial charge in [0, 0.05) is 12.8 Å². The first-order valence-corrected chi connectivity index (χ1v) is 10.6. The van der Waals surface area contributed by atoms with Gasteiger partial charge in [0.2, 0.25) is 5.91 Å². The van der Waals surface area contributed by atoms with Crippen LogP contribution in [0.15, 0.2) is 54.6 Å². The molecule has 2 N–H and O–H groups in total. The Morgan fingerprint density at radius 1 is 0.938 bits per heavy atom. The third kappa shape index (κ3) is 9.07. The molecule has 0 aliphatic heterocycles. The molecule has 0 bridgehead atoms. The maximum atomic E-state index is 12.6. The number of hydrogen-bond donors (Lipinski definition) is 2. The molecule has 0 spiro atoms. The molecule has 0 unspecified atom stereocenters. The Bertz CT molecular complexity index is 855. The van der Waals surface area contributed by atoms with E-state index in [4.69, 9.17) is 14.3 Å². The van der Waals surface area contributed by atoms with Gasteiger partial charge in [-0.15, -0.1) is 5.48 Å². The SMILES string of the molecule is CCCCCC(=O)N[C@@H](Cc1ccc(OC)cc1)C(=O)ONC(=O)OCc1ccccc1. The second-order valence-corrected chi connectivity index (χ2v) is 7.21. The highest BCUT2D eigenvalue weighted by atomic mass is 16.7. The predicted octanol–water partition coefficient (Wildman–Crippen LogP) is 3.69. The molecular formula is C24H30N2O6. The van der Waals surface area contributed by atoms with E-state index in [-0.39, 0.29) is 18.9 Å². The van der Waals surface area contributed by atoms with Crippen LogP contribution in [-0.4, -0.2) is 31.1 Å². The van der Waals surface area contributed by atoms with Crippen LogP contribution in [0.2, 0.25) is 0 Å². The smallest absolute Gasteiger partial charge is 0.441 e. The molecule has 0 aliphatic rings.